The first kappa shape index (κ1) is 21.2. The van der Waals surface area contributed by atoms with E-state index in [4.69, 9.17) is 10.2 Å². The Morgan fingerprint density at radius 1 is 1.10 bits per heavy atom. The second kappa shape index (κ2) is 8.22. The van der Waals surface area contributed by atoms with Crippen LogP contribution >= 0.6 is 0 Å². The fraction of sp³-hybridized carbons (Fsp3) is 0.455. The van der Waals surface area contributed by atoms with Crippen molar-refractivity contribution in [3.8, 4) is 0 Å². The summed E-state index contributed by atoms with van der Waals surface area (Å²) in [6.07, 6.45) is -7.21. The van der Waals surface area contributed by atoms with Crippen LogP contribution in [0.3, 0.4) is 0 Å². The van der Waals surface area contributed by atoms with Crippen LogP contribution < -0.4 is 0 Å². The molecule has 0 aromatic heterocycles. The molecule has 0 aliphatic rings. The van der Waals surface area contributed by atoms with E-state index in [9.17, 15) is 31.5 Å². The van der Waals surface area contributed by atoms with Gasteiger partial charge in [0.2, 0.25) is 0 Å². The molecule has 0 fully saturated rings. The summed E-state index contributed by atoms with van der Waals surface area (Å²) in [6, 6.07) is 0. The molecule has 0 aromatic rings. The summed E-state index contributed by atoms with van der Waals surface area (Å²) in [7, 11) is 0. The van der Waals surface area contributed by atoms with Crippen molar-refractivity contribution in [1.29, 1.82) is 0 Å². The maximum Gasteiger partial charge on any atom is 0.453 e. The second-order valence-electron chi connectivity index (χ2n) is 3.62. The average molecular weight is 320 g/mol. The van der Waals surface area contributed by atoms with E-state index in [0.29, 0.717) is 0 Å². The Labute approximate surface area is 116 Å². The predicted octanol–water partition coefficient (Wildman–Crippen LogP) is 2.84. The van der Waals surface area contributed by atoms with Crippen molar-refractivity contribution in [2.24, 2.45) is 0 Å². The smallest absolute Gasteiger partial charge is 0.453 e. The van der Waals surface area contributed by atoms with Crippen LogP contribution in [0.5, 0.6) is 0 Å². The zero-order valence-electron chi connectivity index (χ0n) is 10.8. The van der Waals surface area contributed by atoms with Gasteiger partial charge in [-0.1, -0.05) is 6.58 Å². The Balaban J connectivity index is 0. The van der Waals surface area contributed by atoms with Gasteiger partial charge in [0, 0.05) is 5.57 Å². The number of aliphatic hydroxyl groups is 1. The fourth-order valence-corrected chi connectivity index (χ4v) is 0.537. The molecule has 0 aliphatic carbocycles. The van der Waals surface area contributed by atoms with Crippen molar-refractivity contribution in [2.45, 2.75) is 25.4 Å². The number of carbonyl (C=O) groups is 2. The van der Waals surface area contributed by atoms with Crippen LogP contribution in [0.15, 0.2) is 24.5 Å². The largest absolute Gasteiger partial charge is 0.502 e. The first-order valence-corrected chi connectivity index (χ1v) is 5.10. The molecule has 0 saturated carbocycles. The van der Waals surface area contributed by atoms with Crippen LogP contribution in [-0.2, 0) is 14.3 Å². The summed E-state index contributed by atoms with van der Waals surface area (Å²) in [5.74, 6) is -8.04. The number of alkyl halides is 5. The molecule has 122 valence electrons. The lowest BCUT2D eigenvalue weighted by Crippen LogP contribution is -2.37. The highest BCUT2D eigenvalue weighted by Crippen LogP contribution is 2.37. The quantitative estimate of drug-likeness (QED) is 0.352. The van der Waals surface area contributed by atoms with E-state index >= 15 is 0 Å². The SMILES string of the molecule is C=C(C)C(=O)OCCC(F)(F)C(F)(F)F.C=C(O)C(=O)O. The zero-order chi connectivity index (χ0) is 17.4. The molecule has 5 nitrogen and oxygen atoms in total. The second-order valence-corrected chi connectivity index (χ2v) is 3.62. The van der Waals surface area contributed by atoms with E-state index in [1.807, 2.05) is 0 Å². The number of carboxylic acid groups (broad SMARTS) is 1. The highest BCUT2D eigenvalue weighted by Gasteiger charge is 2.56. The molecule has 0 bridgehead atoms. The van der Waals surface area contributed by atoms with Crippen LogP contribution in [-0.4, -0.2) is 40.9 Å². The number of ether oxygens (including phenoxy) is 1. The third-order valence-corrected chi connectivity index (χ3v) is 1.66. The zero-order valence-corrected chi connectivity index (χ0v) is 10.8. The molecule has 10 heteroatoms. The summed E-state index contributed by atoms with van der Waals surface area (Å²) in [5, 5.41) is 15.5. The minimum Gasteiger partial charge on any atom is -0.502 e. The van der Waals surface area contributed by atoms with Crippen molar-refractivity contribution in [1.82, 2.24) is 0 Å². The maximum absolute atomic E-state index is 12.2. The van der Waals surface area contributed by atoms with Gasteiger partial charge in [0.05, 0.1) is 13.0 Å². The predicted molar refractivity (Wildman–Crippen MR) is 60.8 cm³/mol. The Bertz CT molecular complexity index is 402. The van der Waals surface area contributed by atoms with E-state index in [1.165, 1.54) is 6.92 Å². The molecular formula is C11H13F5O5. The minimum absolute atomic E-state index is 0.0645. The molecular weight excluding hydrogens is 307 g/mol. The molecule has 0 amide bonds. The Kier molecular flexibility index (Phi) is 8.29. The van der Waals surface area contributed by atoms with E-state index in [2.05, 4.69) is 17.9 Å². The van der Waals surface area contributed by atoms with Crippen molar-refractivity contribution >= 4 is 11.9 Å². The number of carboxylic acids is 1. The lowest BCUT2D eigenvalue weighted by Gasteiger charge is -2.19. The van der Waals surface area contributed by atoms with Crippen LogP contribution in [0.4, 0.5) is 22.0 Å². The number of esters is 1. The van der Waals surface area contributed by atoms with Crippen LogP contribution in [0, 0.1) is 0 Å². The number of carbonyl (C=O) groups excluding carboxylic acids is 1. The summed E-state index contributed by atoms with van der Waals surface area (Å²) < 4.78 is 63.4. The maximum atomic E-state index is 12.2. The molecule has 0 unspecified atom stereocenters. The standard InChI is InChI=1S/C8H9F5O2.C3H4O3/c1-5(2)6(14)15-4-3-7(9,10)8(11,12)13;1-2(4)3(5)6/h1,3-4H2,2H3;4H,1H2,(H,5,6). The van der Waals surface area contributed by atoms with Gasteiger partial charge in [-0.25, -0.2) is 9.59 Å². The highest BCUT2D eigenvalue weighted by atomic mass is 19.4. The molecule has 0 heterocycles. The van der Waals surface area contributed by atoms with Gasteiger partial charge in [-0.3, -0.25) is 0 Å². The summed E-state index contributed by atoms with van der Waals surface area (Å²) >= 11 is 0. The molecule has 0 saturated heterocycles. The lowest BCUT2D eigenvalue weighted by molar-refractivity contribution is -0.286. The lowest BCUT2D eigenvalue weighted by atomic mass is 10.2. The van der Waals surface area contributed by atoms with Gasteiger partial charge in [0.1, 0.15) is 0 Å². The summed E-state index contributed by atoms with van der Waals surface area (Å²) in [6.45, 7) is 6.10. The molecule has 0 rings (SSSR count). The Morgan fingerprint density at radius 3 is 1.71 bits per heavy atom. The van der Waals surface area contributed by atoms with Crippen molar-refractivity contribution in [3.05, 3.63) is 24.5 Å². The van der Waals surface area contributed by atoms with Crippen molar-refractivity contribution < 1.29 is 46.5 Å². The topological polar surface area (TPSA) is 83.8 Å². The monoisotopic (exact) mass is 320 g/mol. The number of hydrogen-bond acceptors (Lipinski definition) is 4. The van der Waals surface area contributed by atoms with Gasteiger partial charge < -0.3 is 14.9 Å². The first-order valence-electron chi connectivity index (χ1n) is 5.10. The van der Waals surface area contributed by atoms with Gasteiger partial charge in [0.15, 0.2) is 5.76 Å². The summed E-state index contributed by atoms with van der Waals surface area (Å²) in [5.41, 5.74) is -0.0645. The average Bonchev–Trinajstić information content (AvgIpc) is 2.27. The van der Waals surface area contributed by atoms with Crippen LogP contribution in [0.2, 0.25) is 0 Å². The van der Waals surface area contributed by atoms with Crippen molar-refractivity contribution in [2.75, 3.05) is 6.61 Å². The van der Waals surface area contributed by atoms with Crippen molar-refractivity contribution in [3.63, 3.8) is 0 Å². The molecule has 0 aliphatic heterocycles. The minimum atomic E-state index is -5.62. The highest BCUT2D eigenvalue weighted by molar-refractivity contribution is 5.86. The number of halogens is 5. The van der Waals surface area contributed by atoms with Gasteiger partial charge in [-0.15, -0.1) is 0 Å². The van der Waals surface area contributed by atoms with Gasteiger partial charge in [-0.2, -0.15) is 22.0 Å². The third-order valence-electron chi connectivity index (χ3n) is 1.66. The van der Waals surface area contributed by atoms with E-state index in [-0.39, 0.29) is 5.57 Å². The molecule has 0 radical (unpaired) electrons. The molecule has 21 heavy (non-hydrogen) atoms. The van der Waals surface area contributed by atoms with Crippen LogP contribution in [0.25, 0.3) is 0 Å². The van der Waals surface area contributed by atoms with E-state index < -0.39 is 42.8 Å². The first-order chi connectivity index (χ1) is 9.22. The third kappa shape index (κ3) is 9.41. The number of aliphatic carboxylic acids is 1. The Morgan fingerprint density at radius 2 is 1.48 bits per heavy atom. The normalized spacial score (nSPS) is 11.0. The molecule has 0 aromatic carbocycles. The number of aliphatic hydroxyl groups excluding tert-OH is 1. The Hall–Kier alpha value is -2.13. The number of hydrogen-bond donors (Lipinski definition) is 2. The van der Waals surface area contributed by atoms with Gasteiger partial charge >= 0.3 is 24.0 Å². The summed E-state index contributed by atoms with van der Waals surface area (Å²) in [4.78, 5) is 20.0. The molecule has 0 atom stereocenters. The molecule has 2 N–H and O–H groups in total. The molecule has 0 spiro atoms. The van der Waals surface area contributed by atoms with Gasteiger partial charge in [0.25, 0.3) is 0 Å². The van der Waals surface area contributed by atoms with E-state index in [0.717, 1.165) is 0 Å². The van der Waals surface area contributed by atoms with E-state index in [1.54, 1.807) is 0 Å². The van der Waals surface area contributed by atoms with Gasteiger partial charge in [-0.05, 0) is 13.5 Å². The fourth-order valence-electron chi connectivity index (χ4n) is 0.537. The van der Waals surface area contributed by atoms with Crippen LogP contribution in [0.1, 0.15) is 13.3 Å². The number of rotatable bonds is 5.